The molecule has 1 aliphatic carbocycles. The highest BCUT2D eigenvalue weighted by atomic mass is 16.1. The van der Waals surface area contributed by atoms with Crippen molar-refractivity contribution in [3.8, 4) is 0 Å². The Morgan fingerprint density at radius 3 is 2.70 bits per heavy atom. The molecule has 0 aromatic heterocycles. The van der Waals surface area contributed by atoms with Crippen molar-refractivity contribution in [2.24, 2.45) is 11.8 Å². The number of rotatable bonds is 2. The Kier molecular flexibility index (Phi) is 2.25. The SMILES string of the molecule is C=C(C=O)[C@H]1CCC[C@H]1C. The maximum absolute atomic E-state index is 10.3. The minimum atomic E-state index is 0.484. The Hall–Kier alpha value is -0.590. The van der Waals surface area contributed by atoms with Crippen LogP contribution in [0.15, 0.2) is 12.2 Å². The molecule has 0 heterocycles. The van der Waals surface area contributed by atoms with E-state index in [0.717, 1.165) is 11.9 Å². The number of hydrogen-bond donors (Lipinski definition) is 0. The predicted molar refractivity (Wildman–Crippen MR) is 41.7 cm³/mol. The predicted octanol–water partition coefficient (Wildman–Crippen LogP) is 2.18. The van der Waals surface area contributed by atoms with Crippen molar-refractivity contribution in [2.45, 2.75) is 26.2 Å². The van der Waals surface area contributed by atoms with Gasteiger partial charge in [-0.3, -0.25) is 4.79 Å². The Balaban J connectivity index is 2.54. The monoisotopic (exact) mass is 138 g/mol. The van der Waals surface area contributed by atoms with Crippen LogP contribution in [0.3, 0.4) is 0 Å². The molecule has 0 amide bonds. The molecule has 1 nitrogen and oxygen atoms in total. The van der Waals surface area contributed by atoms with Gasteiger partial charge in [-0.2, -0.15) is 0 Å². The summed E-state index contributed by atoms with van der Waals surface area (Å²) >= 11 is 0. The van der Waals surface area contributed by atoms with E-state index in [-0.39, 0.29) is 0 Å². The number of carbonyl (C=O) groups excluding carboxylic acids is 1. The van der Waals surface area contributed by atoms with Gasteiger partial charge in [0.1, 0.15) is 6.29 Å². The van der Waals surface area contributed by atoms with Crippen LogP contribution < -0.4 is 0 Å². The van der Waals surface area contributed by atoms with E-state index >= 15 is 0 Å². The molecule has 1 rings (SSSR count). The average molecular weight is 138 g/mol. The van der Waals surface area contributed by atoms with Gasteiger partial charge in [0.25, 0.3) is 0 Å². The number of allylic oxidation sites excluding steroid dienone is 1. The summed E-state index contributed by atoms with van der Waals surface area (Å²) in [7, 11) is 0. The summed E-state index contributed by atoms with van der Waals surface area (Å²) < 4.78 is 0. The fourth-order valence-electron chi connectivity index (χ4n) is 1.78. The van der Waals surface area contributed by atoms with Crippen molar-refractivity contribution in [2.75, 3.05) is 0 Å². The molecule has 56 valence electrons. The topological polar surface area (TPSA) is 17.1 Å². The summed E-state index contributed by atoms with van der Waals surface area (Å²) in [4.78, 5) is 10.3. The smallest absolute Gasteiger partial charge is 0.145 e. The first kappa shape index (κ1) is 7.52. The van der Waals surface area contributed by atoms with E-state index in [1.807, 2.05) is 0 Å². The van der Waals surface area contributed by atoms with E-state index in [1.54, 1.807) is 0 Å². The molecule has 0 aromatic rings. The molecule has 1 fully saturated rings. The zero-order valence-electron chi connectivity index (χ0n) is 6.47. The first-order valence-corrected chi connectivity index (χ1v) is 3.89. The second-order valence-electron chi connectivity index (χ2n) is 3.21. The van der Waals surface area contributed by atoms with Gasteiger partial charge in [0, 0.05) is 0 Å². The van der Waals surface area contributed by atoms with E-state index < -0.39 is 0 Å². The van der Waals surface area contributed by atoms with Crippen LogP contribution in [0.5, 0.6) is 0 Å². The first-order chi connectivity index (χ1) is 4.75. The molecule has 1 heteroatoms. The van der Waals surface area contributed by atoms with E-state index in [0.29, 0.717) is 11.8 Å². The third kappa shape index (κ3) is 1.28. The summed E-state index contributed by atoms with van der Waals surface area (Å²) in [6.45, 7) is 5.94. The van der Waals surface area contributed by atoms with Gasteiger partial charge in [0.2, 0.25) is 0 Å². The minimum Gasteiger partial charge on any atom is -0.298 e. The van der Waals surface area contributed by atoms with Crippen LogP contribution in [-0.4, -0.2) is 6.29 Å². The van der Waals surface area contributed by atoms with Gasteiger partial charge in [-0.1, -0.05) is 26.3 Å². The van der Waals surface area contributed by atoms with Gasteiger partial charge >= 0.3 is 0 Å². The quantitative estimate of drug-likeness (QED) is 0.422. The highest BCUT2D eigenvalue weighted by Crippen LogP contribution is 2.34. The van der Waals surface area contributed by atoms with Gasteiger partial charge in [-0.15, -0.1) is 0 Å². The maximum atomic E-state index is 10.3. The van der Waals surface area contributed by atoms with Crippen molar-refractivity contribution >= 4 is 6.29 Å². The lowest BCUT2D eigenvalue weighted by Crippen LogP contribution is -2.06. The molecule has 0 unspecified atom stereocenters. The molecule has 2 atom stereocenters. The van der Waals surface area contributed by atoms with E-state index in [1.165, 1.54) is 19.3 Å². The van der Waals surface area contributed by atoms with Gasteiger partial charge in [-0.05, 0) is 23.8 Å². The normalized spacial score (nSPS) is 32.1. The standard InChI is InChI=1S/C9H14O/c1-7-4-3-5-9(7)8(2)6-10/h6-7,9H,2-5H2,1H3/t7-,9+/m1/s1. The van der Waals surface area contributed by atoms with Crippen molar-refractivity contribution in [3.63, 3.8) is 0 Å². The Morgan fingerprint density at radius 2 is 2.30 bits per heavy atom. The third-order valence-electron chi connectivity index (χ3n) is 2.49. The largest absolute Gasteiger partial charge is 0.298 e. The highest BCUT2D eigenvalue weighted by molar-refractivity contribution is 5.73. The molecule has 0 spiro atoms. The fourth-order valence-corrected chi connectivity index (χ4v) is 1.78. The second-order valence-corrected chi connectivity index (χ2v) is 3.21. The maximum Gasteiger partial charge on any atom is 0.145 e. The van der Waals surface area contributed by atoms with Gasteiger partial charge in [0.05, 0.1) is 0 Å². The lowest BCUT2D eigenvalue weighted by atomic mass is 9.92. The molecule has 0 aromatic carbocycles. The van der Waals surface area contributed by atoms with Crippen molar-refractivity contribution in [1.82, 2.24) is 0 Å². The first-order valence-electron chi connectivity index (χ1n) is 3.89. The van der Waals surface area contributed by atoms with Crippen LogP contribution in [-0.2, 0) is 4.79 Å². The van der Waals surface area contributed by atoms with Crippen LogP contribution >= 0.6 is 0 Å². The van der Waals surface area contributed by atoms with Gasteiger partial charge in [0.15, 0.2) is 0 Å². The molecular formula is C9H14O. The molecule has 0 N–H and O–H groups in total. The lowest BCUT2D eigenvalue weighted by Gasteiger charge is -2.12. The number of carbonyl (C=O) groups is 1. The molecular weight excluding hydrogens is 124 g/mol. The minimum absolute atomic E-state index is 0.484. The van der Waals surface area contributed by atoms with E-state index in [4.69, 9.17) is 0 Å². The zero-order chi connectivity index (χ0) is 7.56. The third-order valence-corrected chi connectivity index (χ3v) is 2.49. The molecule has 1 aliphatic rings. The van der Waals surface area contributed by atoms with E-state index in [9.17, 15) is 4.79 Å². The second kappa shape index (κ2) is 3.00. The highest BCUT2D eigenvalue weighted by Gasteiger charge is 2.24. The summed E-state index contributed by atoms with van der Waals surface area (Å²) in [6, 6.07) is 0. The van der Waals surface area contributed by atoms with Gasteiger partial charge in [-0.25, -0.2) is 0 Å². The molecule has 0 aliphatic heterocycles. The summed E-state index contributed by atoms with van der Waals surface area (Å²) in [5, 5.41) is 0. The van der Waals surface area contributed by atoms with Crippen LogP contribution in [0, 0.1) is 11.8 Å². The zero-order valence-corrected chi connectivity index (χ0v) is 6.47. The molecule has 1 saturated carbocycles. The molecule has 0 bridgehead atoms. The summed E-state index contributed by atoms with van der Waals surface area (Å²) in [5.41, 5.74) is 0.796. The van der Waals surface area contributed by atoms with Crippen molar-refractivity contribution in [3.05, 3.63) is 12.2 Å². The van der Waals surface area contributed by atoms with Crippen molar-refractivity contribution in [1.29, 1.82) is 0 Å². The van der Waals surface area contributed by atoms with E-state index in [2.05, 4.69) is 13.5 Å². The Morgan fingerprint density at radius 1 is 1.60 bits per heavy atom. The van der Waals surface area contributed by atoms with Crippen LogP contribution in [0.1, 0.15) is 26.2 Å². The fraction of sp³-hybridized carbons (Fsp3) is 0.667. The van der Waals surface area contributed by atoms with Crippen LogP contribution in [0.2, 0.25) is 0 Å². The Labute approximate surface area is 62.1 Å². The van der Waals surface area contributed by atoms with Crippen LogP contribution in [0.4, 0.5) is 0 Å². The number of aldehydes is 1. The van der Waals surface area contributed by atoms with Crippen LogP contribution in [0.25, 0.3) is 0 Å². The van der Waals surface area contributed by atoms with Crippen molar-refractivity contribution < 1.29 is 4.79 Å². The lowest BCUT2D eigenvalue weighted by molar-refractivity contribution is -0.105. The molecule has 0 saturated heterocycles. The summed E-state index contributed by atoms with van der Waals surface area (Å²) in [5.74, 6) is 1.16. The summed E-state index contributed by atoms with van der Waals surface area (Å²) in [6.07, 6.45) is 4.60. The number of hydrogen-bond acceptors (Lipinski definition) is 1. The molecule has 10 heavy (non-hydrogen) atoms. The Bertz CT molecular complexity index is 149. The van der Waals surface area contributed by atoms with Gasteiger partial charge < -0.3 is 0 Å². The molecule has 0 radical (unpaired) electrons. The average Bonchev–Trinajstić information content (AvgIpc) is 2.34.